The first kappa shape index (κ1) is 16.3. The summed E-state index contributed by atoms with van der Waals surface area (Å²) in [5.41, 5.74) is 2.58. The molecule has 0 bridgehead atoms. The van der Waals surface area contributed by atoms with Gasteiger partial charge in [0.1, 0.15) is 0 Å². The lowest BCUT2D eigenvalue weighted by atomic mass is 10.1. The van der Waals surface area contributed by atoms with Crippen molar-refractivity contribution >= 4 is 23.2 Å². The minimum atomic E-state index is -1.13. The zero-order valence-electron chi connectivity index (χ0n) is 14.0. The number of anilines is 2. The molecule has 2 aromatic carbocycles. The number of hydrogen-bond acceptors (Lipinski definition) is 5. The lowest BCUT2D eigenvalue weighted by Crippen LogP contribution is -2.40. The van der Waals surface area contributed by atoms with E-state index in [1.54, 1.807) is 6.07 Å². The number of hydrogen-bond donors (Lipinski definition) is 0. The number of fused-ring (bicyclic) bond motifs is 1. The molecule has 26 heavy (non-hydrogen) atoms. The van der Waals surface area contributed by atoms with Crippen LogP contribution in [0.2, 0.25) is 0 Å². The van der Waals surface area contributed by atoms with Crippen LogP contribution in [0.5, 0.6) is 0 Å². The highest BCUT2D eigenvalue weighted by Crippen LogP contribution is 2.36. The number of carbonyl (C=O) groups is 2. The van der Waals surface area contributed by atoms with Crippen molar-refractivity contribution in [2.24, 2.45) is 10.3 Å². The van der Waals surface area contributed by atoms with Gasteiger partial charge in [0.05, 0.1) is 11.4 Å². The highest BCUT2D eigenvalue weighted by molar-refractivity contribution is 6.26. The summed E-state index contributed by atoms with van der Waals surface area (Å²) in [5, 5.41) is 9.38. The van der Waals surface area contributed by atoms with Crippen molar-refractivity contribution in [2.45, 2.75) is 25.9 Å². The van der Waals surface area contributed by atoms with Crippen LogP contribution in [-0.4, -0.2) is 23.9 Å². The molecule has 0 aliphatic carbocycles. The number of benzene rings is 2. The van der Waals surface area contributed by atoms with Crippen LogP contribution in [0.25, 0.3) is 0 Å². The van der Waals surface area contributed by atoms with Gasteiger partial charge in [0.25, 0.3) is 11.8 Å². The van der Waals surface area contributed by atoms with Crippen molar-refractivity contribution in [3.05, 3.63) is 59.2 Å². The summed E-state index contributed by atoms with van der Waals surface area (Å²) in [4.78, 5) is 26.4. The number of amides is 2. The number of rotatable bonds is 2. The van der Waals surface area contributed by atoms with E-state index in [0.29, 0.717) is 5.69 Å². The maximum absolute atomic E-state index is 13.5. The minimum Gasteiger partial charge on any atom is -0.271 e. The molecule has 2 aliphatic heterocycles. The Morgan fingerprint density at radius 1 is 1.00 bits per heavy atom. The van der Waals surface area contributed by atoms with E-state index in [0.717, 1.165) is 28.2 Å². The summed E-state index contributed by atoms with van der Waals surface area (Å²) in [6.07, 6.45) is 0. The summed E-state index contributed by atoms with van der Waals surface area (Å²) in [6.45, 7) is 3.82. The molecule has 1 fully saturated rings. The molecule has 2 aliphatic rings. The van der Waals surface area contributed by atoms with Crippen LogP contribution in [-0.2, 0) is 9.59 Å². The van der Waals surface area contributed by atoms with Crippen molar-refractivity contribution < 1.29 is 18.4 Å². The topological polar surface area (TPSA) is 65.3 Å². The SMILES string of the molecule is Cc1cccc(N2N=N[C@H]3C(=O)N(c4ccc(F)c(F)c4)C(=O)[C@@H]32)c1C. The van der Waals surface area contributed by atoms with E-state index >= 15 is 0 Å². The number of aryl methyl sites for hydroxylation is 1. The van der Waals surface area contributed by atoms with Gasteiger partial charge in [-0.3, -0.25) is 9.59 Å². The first-order chi connectivity index (χ1) is 12.4. The molecular weight excluding hydrogens is 342 g/mol. The van der Waals surface area contributed by atoms with E-state index in [2.05, 4.69) is 10.3 Å². The van der Waals surface area contributed by atoms with E-state index in [-0.39, 0.29) is 5.69 Å². The van der Waals surface area contributed by atoms with Crippen LogP contribution in [0.1, 0.15) is 11.1 Å². The van der Waals surface area contributed by atoms with Gasteiger partial charge in [-0.15, -0.1) is 0 Å². The maximum Gasteiger partial charge on any atom is 0.263 e. The van der Waals surface area contributed by atoms with Gasteiger partial charge >= 0.3 is 0 Å². The molecule has 2 atom stereocenters. The zero-order chi connectivity index (χ0) is 18.6. The highest BCUT2D eigenvalue weighted by atomic mass is 19.2. The van der Waals surface area contributed by atoms with Crippen molar-refractivity contribution in [1.29, 1.82) is 0 Å². The van der Waals surface area contributed by atoms with Gasteiger partial charge in [-0.1, -0.05) is 17.4 Å². The predicted octanol–water partition coefficient (Wildman–Crippen LogP) is 3.08. The minimum absolute atomic E-state index is 0.0237. The van der Waals surface area contributed by atoms with Crippen molar-refractivity contribution in [2.75, 3.05) is 9.91 Å². The largest absolute Gasteiger partial charge is 0.271 e. The standard InChI is InChI=1S/C18H14F2N4O2/c1-9-4-3-5-14(10(9)2)24-16-15(21-22-24)17(25)23(18(16)26)11-6-7-12(19)13(20)8-11/h3-8,15-16H,1-2H3/t15-,16-/m1/s1. The predicted molar refractivity (Wildman–Crippen MR) is 89.7 cm³/mol. The molecule has 0 saturated carbocycles. The second kappa shape index (κ2) is 5.69. The second-order valence-corrected chi connectivity index (χ2v) is 6.27. The number of nitrogens with zero attached hydrogens (tertiary/aromatic N) is 4. The van der Waals surface area contributed by atoms with Crippen molar-refractivity contribution in [3.8, 4) is 0 Å². The van der Waals surface area contributed by atoms with E-state index in [9.17, 15) is 18.4 Å². The quantitative estimate of drug-likeness (QED) is 0.777. The summed E-state index contributed by atoms with van der Waals surface area (Å²) in [5.74, 6) is -3.36. The third-order valence-corrected chi connectivity index (χ3v) is 4.77. The molecule has 2 amide bonds. The summed E-state index contributed by atoms with van der Waals surface area (Å²) in [7, 11) is 0. The molecule has 0 unspecified atom stereocenters. The summed E-state index contributed by atoms with van der Waals surface area (Å²) >= 11 is 0. The van der Waals surface area contributed by atoms with Gasteiger partial charge in [-0.05, 0) is 43.2 Å². The Hall–Kier alpha value is -3.16. The normalized spacial score (nSPS) is 21.7. The molecular formula is C18H14F2N4O2. The Kier molecular flexibility index (Phi) is 3.57. The van der Waals surface area contributed by atoms with Gasteiger partial charge in [0.15, 0.2) is 23.7 Å². The lowest BCUT2D eigenvalue weighted by Gasteiger charge is -2.22. The smallest absolute Gasteiger partial charge is 0.263 e. The van der Waals surface area contributed by atoms with Crippen LogP contribution in [0.4, 0.5) is 20.2 Å². The number of halogens is 2. The van der Waals surface area contributed by atoms with E-state index in [1.165, 1.54) is 11.1 Å². The van der Waals surface area contributed by atoms with Gasteiger partial charge in [0.2, 0.25) is 0 Å². The molecule has 0 aromatic heterocycles. The first-order valence-corrected chi connectivity index (χ1v) is 7.99. The Bertz CT molecular complexity index is 976. The third-order valence-electron chi connectivity index (χ3n) is 4.77. The van der Waals surface area contributed by atoms with Gasteiger partial charge in [0, 0.05) is 6.07 Å². The average Bonchev–Trinajstić information content (AvgIpc) is 3.14. The molecule has 6 nitrogen and oxygen atoms in total. The van der Waals surface area contributed by atoms with E-state index < -0.39 is 35.5 Å². The average molecular weight is 356 g/mol. The molecule has 8 heteroatoms. The van der Waals surface area contributed by atoms with Crippen LogP contribution in [0.15, 0.2) is 46.7 Å². The van der Waals surface area contributed by atoms with E-state index in [1.807, 2.05) is 26.0 Å². The van der Waals surface area contributed by atoms with Gasteiger partial charge in [-0.2, -0.15) is 5.11 Å². The molecule has 0 radical (unpaired) electrons. The fourth-order valence-electron chi connectivity index (χ4n) is 3.22. The maximum atomic E-state index is 13.5. The number of carbonyl (C=O) groups excluding carboxylic acids is 2. The molecule has 2 heterocycles. The Balaban J connectivity index is 1.74. The summed E-state index contributed by atoms with van der Waals surface area (Å²) < 4.78 is 26.7. The van der Waals surface area contributed by atoms with Crippen molar-refractivity contribution in [1.82, 2.24) is 0 Å². The molecule has 0 N–H and O–H groups in total. The van der Waals surface area contributed by atoms with E-state index in [4.69, 9.17) is 0 Å². The molecule has 132 valence electrons. The fraction of sp³-hybridized carbons (Fsp3) is 0.222. The van der Waals surface area contributed by atoms with Crippen LogP contribution in [0, 0.1) is 25.5 Å². The Labute approximate surface area is 147 Å². The van der Waals surface area contributed by atoms with Crippen LogP contribution in [0.3, 0.4) is 0 Å². The number of imide groups is 1. The monoisotopic (exact) mass is 356 g/mol. The molecule has 4 rings (SSSR count). The second-order valence-electron chi connectivity index (χ2n) is 6.27. The highest BCUT2D eigenvalue weighted by Gasteiger charge is 2.55. The van der Waals surface area contributed by atoms with Crippen LogP contribution >= 0.6 is 0 Å². The Morgan fingerprint density at radius 3 is 2.50 bits per heavy atom. The molecule has 2 aromatic rings. The fourth-order valence-corrected chi connectivity index (χ4v) is 3.22. The Morgan fingerprint density at radius 2 is 1.77 bits per heavy atom. The third kappa shape index (κ3) is 2.22. The summed E-state index contributed by atoms with van der Waals surface area (Å²) in [6, 6.07) is 6.51. The lowest BCUT2D eigenvalue weighted by molar-refractivity contribution is -0.121. The zero-order valence-corrected chi connectivity index (χ0v) is 14.0. The van der Waals surface area contributed by atoms with Crippen LogP contribution < -0.4 is 9.91 Å². The van der Waals surface area contributed by atoms with Crippen molar-refractivity contribution in [3.63, 3.8) is 0 Å². The van der Waals surface area contributed by atoms with Gasteiger partial charge in [-0.25, -0.2) is 18.7 Å². The molecule has 1 saturated heterocycles. The first-order valence-electron chi connectivity index (χ1n) is 7.99. The van der Waals surface area contributed by atoms with Gasteiger partial charge < -0.3 is 0 Å². The molecule has 0 spiro atoms.